The second kappa shape index (κ2) is 6.29. The molecule has 5 nitrogen and oxygen atoms in total. The van der Waals surface area contributed by atoms with Crippen LogP contribution in [0.15, 0.2) is 5.38 Å². The van der Waals surface area contributed by atoms with Crippen molar-refractivity contribution in [1.29, 1.82) is 0 Å². The van der Waals surface area contributed by atoms with Crippen molar-refractivity contribution in [1.82, 2.24) is 9.36 Å². The number of hydrogen-bond donors (Lipinski definition) is 1. The van der Waals surface area contributed by atoms with E-state index in [1.54, 1.807) is 11.3 Å². The third-order valence-corrected chi connectivity index (χ3v) is 5.50. The van der Waals surface area contributed by atoms with E-state index in [0.717, 1.165) is 53.8 Å². The number of thiazole rings is 1. The van der Waals surface area contributed by atoms with Gasteiger partial charge in [-0.1, -0.05) is 0 Å². The summed E-state index contributed by atoms with van der Waals surface area (Å²) in [6.45, 7) is 6.76. The highest BCUT2D eigenvalue weighted by molar-refractivity contribution is 7.15. The van der Waals surface area contributed by atoms with Gasteiger partial charge in [-0.15, -0.1) is 11.3 Å². The first kappa shape index (κ1) is 14.7. The van der Waals surface area contributed by atoms with Crippen LogP contribution in [0.3, 0.4) is 0 Å². The van der Waals surface area contributed by atoms with Gasteiger partial charge in [-0.05, 0) is 38.2 Å². The third-order valence-electron chi connectivity index (χ3n) is 3.60. The molecular weight excluding hydrogens is 304 g/mol. The SMILES string of the molecule is CCOC1CCCN(c2snc(N)c2-c2nc(C)cs2)C1. The van der Waals surface area contributed by atoms with Crippen molar-refractivity contribution in [3.8, 4) is 10.6 Å². The van der Waals surface area contributed by atoms with Crippen molar-refractivity contribution in [2.45, 2.75) is 32.8 Å². The highest BCUT2D eigenvalue weighted by atomic mass is 32.1. The molecule has 1 fully saturated rings. The van der Waals surface area contributed by atoms with Crippen LogP contribution >= 0.6 is 22.9 Å². The summed E-state index contributed by atoms with van der Waals surface area (Å²) in [5, 5.41) is 4.15. The van der Waals surface area contributed by atoms with E-state index in [0.29, 0.717) is 11.9 Å². The summed E-state index contributed by atoms with van der Waals surface area (Å²) in [5.74, 6) is 0.586. The third kappa shape index (κ3) is 3.04. The number of nitrogens with zero attached hydrogens (tertiary/aromatic N) is 3. The molecule has 1 saturated heterocycles. The lowest BCUT2D eigenvalue weighted by Gasteiger charge is -2.33. The number of ether oxygens (including phenoxy) is 1. The monoisotopic (exact) mass is 324 g/mol. The van der Waals surface area contributed by atoms with Gasteiger partial charge in [0.25, 0.3) is 0 Å². The van der Waals surface area contributed by atoms with Gasteiger partial charge < -0.3 is 15.4 Å². The number of nitrogen functional groups attached to an aromatic ring is 1. The second-order valence-corrected chi connectivity index (χ2v) is 6.82. The highest BCUT2D eigenvalue weighted by Crippen LogP contribution is 2.41. The lowest BCUT2D eigenvalue weighted by molar-refractivity contribution is 0.0528. The Balaban J connectivity index is 1.89. The smallest absolute Gasteiger partial charge is 0.149 e. The van der Waals surface area contributed by atoms with E-state index in [1.807, 2.05) is 13.8 Å². The van der Waals surface area contributed by atoms with Crippen LogP contribution in [0.2, 0.25) is 0 Å². The van der Waals surface area contributed by atoms with Crippen LogP contribution in [0.25, 0.3) is 10.6 Å². The quantitative estimate of drug-likeness (QED) is 0.936. The predicted molar refractivity (Wildman–Crippen MR) is 89.2 cm³/mol. The van der Waals surface area contributed by atoms with Crippen LogP contribution in [0, 0.1) is 6.92 Å². The van der Waals surface area contributed by atoms with E-state index < -0.39 is 0 Å². The normalized spacial score (nSPS) is 19.1. The highest BCUT2D eigenvalue weighted by Gasteiger charge is 2.26. The molecule has 1 aliphatic heterocycles. The number of piperidine rings is 1. The molecule has 0 aliphatic carbocycles. The van der Waals surface area contributed by atoms with E-state index >= 15 is 0 Å². The molecule has 2 aromatic heterocycles. The number of rotatable bonds is 4. The Labute approximate surface area is 132 Å². The molecule has 2 aromatic rings. The fraction of sp³-hybridized carbons (Fsp3) is 0.571. The minimum Gasteiger partial charge on any atom is -0.382 e. The van der Waals surface area contributed by atoms with Crippen LogP contribution in [-0.4, -0.2) is 35.2 Å². The molecule has 0 bridgehead atoms. The Bertz CT molecular complexity index is 608. The Morgan fingerprint density at radius 3 is 3.10 bits per heavy atom. The molecule has 0 amide bonds. The summed E-state index contributed by atoms with van der Waals surface area (Å²) in [5.41, 5.74) is 8.11. The lowest BCUT2D eigenvalue weighted by Crippen LogP contribution is -2.39. The molecule has 1 atom stereocenters. The number of aromatic nitrogens is 2. The van der Waals surface area contributed by atoms with E-state index in [9.17, 15) is 0 Å². The number of anilines is 2. The van der Waals surface area contributed by atoms with Crippen LogP contribution in [-0.2, 0) is 4.74 Å². The molecule has 7 heteroatoms. The van der Waals surface area contributed by atoms with Gasteiger partial charge in [0.2, 0.25) is 0 Å². The van der Waals surface area contributed by atoms with E-state index in [1.165, 1.54) is 11.5 Å². The summed E-state index contributed by atoms with van der Waals surface area (Å²) in [6, 6.07) is 0. The second-order valence-electron chi connectivity index (χ2n) is 5.21. The average molecular weight is 324 g/mol. The Morgan fingerprint density at radius 2 is 2.38 bits per heavy atom. The minimum atomic E-state index is 0.304. The van der Waals surface area contributed by atoms with Gasteiger partial charge in [0.1, 0.15) is 15.8 Å². The van der Waals surface area contributed by atoms with Gasteiger partial charge in [-0.25, -0.2) is 4.98 Å². The maximum absolute atomic E-state index is 6.09. The first-order chi connectivity index (χ1) is 10.2. The maximum Gasteiger partial charge on any atom is 0.149 e. The summed E-state index contributed by atoms with van der Waals surface area (Å²) < 4.78 is 10.1. The van der Waals surface area contributed by atoms with Crippen molar-refractivity contribution < 1.29 is 4.74 Å². The fourth-order valence-corrected chi connectivity index (χ4v) is 4.44. The molecule has 1 aliphatic rings. The van der Waals surface area contributed by atoms with E-state index in [2.05, 4.69) is 19.6 Å². The van der Waals surface area contributed by atoms with Crippen molar-refractivity contribution in [3.05, 3.63) is 11.1 Å². The molecule has 3 heterocycles. The molecule has 0 aromatic carbocycles. The van der Waals surface area contributed by atoms with Gasteiger partial charge >= 0.3 is 0 Å². The molecule has 114 valence electrons. The van der Waals surface area contributed by atoms with Crippen molar-refractivity contribution in [2.24, 2.45) is 0 Å². The molecule has 21 heavy (non-hydrogen) atoms. The van der Waals surface area contributed by atoms with Crippen molar-refractivity contribution in [2.75, 3.05) is 30.3 Å². The van der Waals surface area contributed by atoms with Crippen LogP contribution < -0.4 is 10.6 Å². The average Bonchev–Trinajstić information content (AvgIpc) is 3.05. The van der Waals surface area contributed by atoms with Gasteiger partial charge in [0.15, 0.2) is 0 Å². The molecular formula is C14H20N4OS2. The molecule has 2 N–H and O–H groups in total. The fourth-order valence-electron chi connectivity index (χ4n) is 2.67. The summed E-state index contributed by atoms with van der Waals surface area (Å²) >= 11 is 3.10. The Hall–Kier alpha value is -1.18. The molecule has 3 rings (SSSR count). The lowest BCUT2D eigenvalue weighted by atomic mass is 10.1. The summed E-state index contributed by atoms with van der Waals surface area (Å²) in [6.07, 6.45) is 2.57. The summed E-state index contributed by atoms with van der Waals surface area (Å²) in [7, 11) is 0. The van der Waals surface area contributed by atoms with Crippen LogP contribution in [0.1, 0.15) is 25.5 Å². The molecule has 1 unspecified atom stereocenters. The predicted octanol–water partition coefficient (Wildman–Crippen LogP) is 3.16. The first-order valence-corrected chi connectivity index (χ1v) is 8.88. The molecule has 0 radical (unpaired) electrons. The zero-order valence-electron chi connectivity index (χ0n) is 12.3. The number of aryl methyl sites for hydroxylation is 1. The van der Waals surface area contributed by atoms with Gasteiger partial charge in [0.05, 0.1) is 11.7 Å². The maximum atomic E-state index is 6.09. The number of nitrogens with two attached hydrogens (primary N) is 1. The molecule has 0 spiro atoms. The zero-order chi connectivity index (χ0) is 14.8. The Kier molecular flexibility index (Phi) is 4.42. The van der Waals surface area contributed by atoms with Gasteiger partial charge in [-0.2, -0.15) is 4.37 Å². The van der Waals surface area contributed by atoms with Crippen molar-refractivity contribution >= 4 is 33.7 Å². The minimum absolute atomic E-state index is 0.304. The summed E-state index contributed by atoms with van der Waals surface area (Å²) in [4.78, 5) is 6.92. The van der Waals surface area contributed by atoms with Crippen LogP contribution in [0.4, 0.5) is 10.8 Å². The van der Waals surface area contributed by atoms with Crippen LogP contribution in [0.5, 0.6) is 0 Å². The largest absolute Gasteiger partial charge is 0.382 e. The van der Waals surface area contributed by atoms with Gasteiger partial charge in [0, 0.05) is 30.8 Å². The first-order valence-electron chi connectivity index (χ1n) is 7.23. The van der Waals surface area contributed by atoms with Crippen molar-refractivity contribution in [3.63, 3.8) is 0 Å². The van der Waals surface area contributed by atoms with E-state index in [-0.39, 0.29) is 0 Å². The standard InChI is InChI=1S/C14H20N4OS2/c1-3-19-10-5-4-6-18(7-10)14-11(12(15)17-21-14)13-16-9(2)8-20-13/h8,10H,3-7H2,1-2H3,(H2,15,17). The zero-order valence-corrected chi connectivity index (χ0v) is 14.0. The van der Waals surface area contributed by atoms with E-state index in [4.69, 9.17) is 10.5 Å². The molecule has 0 saturated carbocycles. The van der Waals surface area contributed by atoms with Gasteiger partial charge in [-0.3, -0.25) is 0 Å². The number of hydrogen-bond acceptors (Lipinski definition) is 7. The topological polar surface area (TPSA) is 64.3 Å². The Morgan fingerprint density at radius 1 is 1.52 bits per heavy atom.